The van der Waals surface area contributed by atoms with Crippen LogP contribution < -0.4 is 9.62 Å². The summed E-state index contributed by atoms with van der Waals surface area (Å²) < 4.78 is 33.4. The number of esters is 1. The zero-order chi connectivity index (χ0) is 23.5. The first-order chi connectivity index (χ1) is 15.1. The molecule has 0 radical (unpaired) electrons. The van der Waals surface area contributed by atoms with Gasteiger partial charge in [0.25, 0.3) is 10.0 Å². The molecule has 1 heterocycles. The second kappa shape index (κ2) is 9.60. The number of carboxylic acids is 1. The summed E-state index contributed by atoms with van der Waals surface area (Å²) in [5.41, 5.74) is 1.97. The average molecular weight is 461 g/mol. The van der Waals surface area contributed by atoms with Crippen molar-refractivity contribution in [3.05, 3.63) is 53.1 Å². The van der Waals surface area contributed by atoms with Crippen LogP contribution in [0.25, 0.3) is 0 Å². The fraction of sp³-hybridized carbons (Fsp3) is 0.391. The number of carbonyl (C=O) groups excluding carboxylic acids is 1. The molecule has 1 fully saturated rings. The van der Waals surface area contributed by atoms with Gasteiger partial charge in [0.1, 0.15) is 0 Å². The van der Waals surface area contributed by atoms with Gasteiger partial charge in [0.15, 0.2) is 0 Å². The Hall–Kier alpha value is -3.07. The molecule has 0 aliphatic carbocycles. The molecule has 2 aromatic carbocycles. The zero-order valence-corrected chi connectivity index (χ0v) is 19.2. The maximum atomic E-state index is 12.9. The van der Waals surface area contributed by atoms with Gasteiger partial charge in [0, 0.05) is 18.8 Å². The van der Waals surface area contributed by atoms with Crippen LogP contribution >= 0.6 is 0 Å². The third-order valence-electron chi connectivity index (χ3n) is 5.49. The summed E-state index contributed by atoms with van der Waals surface area (Å²) in [6, 6.07) is 9.57. The van der Waals surface area contributed by atoms with Crippen LogP contribution in [0.5, 0.6) is 0 Å². The smallest absolute Gasteiger partial charge is 0.337 e. The minimum Gasteiger partial charge on any atom is -0.478 e. The van der Waals surface area contributed by atoms with Gasteiger partial charge in [-0.15, -0.1) is 0 Å². The molecule has 1 saturated heterocycles. The molecule has 9 heteroatoms. The van der Waals surface area contributed by atoms with Crippen molar-refractivity contribution in [2.24, 2.45) is 5.92 Å². The summed E-state index contributed by atoms with van der Waals surface area (Å²) in [7, 11) is -3.89. The Morgan fingerprint density at radius 2 is 1.94 bits per heavy atom. The SMILES string of the molecule is CCOC(=O)C1CCCN(c2ccc(NS(=O)(=O)c3cc(C)ccc3C)cc2C(=O)O)C1. The number of nitrogens with zero attached hydrogens (tertiary/aromatic N) is 1. The van der Waals surface area contributed by atoms with E-state index in [1.165, 1.54) is 6.07 Å². The third-order valence-corrected chi connectivity index (χ3v) is 7.02. The monoisotopic (exact) mass is 460 g/mol. The van der Waals surface area contributed by atoms with Gasteiger partial charge in [-0.3, -0.25) is 9.52 Å². The molecule has 172 valence electrons. The number of carboxylic acid groups (broad SMARTS) is 1. The molecule has 0 aromatic heterocycles. The van der Waals surface area contributed by atoms with Gasteiger partial charge in [0.2, 0.25) is 0 Å². The lowest BCUT2D eigenvalue weighted by atomic mass is 9.97. The number of hydrogen-bond acceptors (Lipinski definition) is 6. The Bertz CT molecular complexity index is 1130. The normalized spacial score (nSPS) is 16.5. The molecular formula is C23H28N2O6S. The molecule has 1 atom stereocenters. The summed E-state index contributed by atoms with van der Waals surface area (Å²) in [6.45, 7) is 6.51. The number of hydrogen-bond donors (Lipinski definition) is 2. The highest BCUT2D eigenvalue weighted by molar-refractivity contribution is 7.92. The van der Waals surface area contributed by atoms with Crippen molar-refractivity contribution in [2.45, 2.75) is 38.5 Å². The van der Waals surface area contributed by atoms with Crippen LogP contribution in [0.15, 0.2) is 41.3 Å². The van der Waals surface area contributed by atoms with Crippen LogP contribution in [-0.2, 0) is 19.6 Å². The van der Waals surface area contributed by atoms with E-state index in [4.69, 9.17) is 4.74 Å². The average Bonchev–Trinajstić information content (AvgIpc) is 2.75. The van der Waals surface area contributed by atoms with E-state index in [1.807, 2.05) is 11.0 Å². The van der Waals surface area contributed by atoms with Crippen molar-refractivity contribution in [1.82, 2.24) is 0 Å². The molecule has 1 aliphatic heterocycles. The number of piperidine rings is 1. The zero-order valence-electron chi connectivity index (χ0n) is 18.4. The molecule has 32 heavy (non-hydrogen) atoms. The highest BCUT2D eigenvalue weighted by Gasteiger charge is 2.29. The first kappa shape index (κ1) is 23.6. The molecule has 0 bridgehead atoms. The highest BCUT2D eigenvalue weighted by atomic mass is 32.2. The van der Waals surface area contributed by atoms with Crippen LogP contribution in [-0.4, -0.2) is 45.2 Å². The molecular weight excluding hydrogens is 432 g/mol. The van der Waals surface area contributed by atoms with E-state index in [1.54, 1.807) is 45.0 Å². The number of anilines is 2. The lowest BCUT2D eigenvalue weighted by Crippen LogP contribution is -2.40. The Morgan fingerprint density at radius 1 is 1.19 bits per heavy atom. The Balaban J connectivity index is 1.89. The predicted molar refractivity (Wildman–Crippen MR) is 122 cm³/mol. The Labute approximate surface area is 188 Å². The van der Waals surface area contributed by atoms with Gasteiger partial charge in [0.05, 0.1) is 28.7 Å². The number of aryl methyl sites for hydroxylation is 2. The summed E-state index contributed by atoms with van der Waals surface area (Å²) >= 11 is 0. The maximum absolute atomic E-state index is 12.9. The van der Waals surface area contributed by atoms with E-state index in [0.717, 1.165) is 12.0 Å². The van der Waals surface area contributed by atoms with E-state index >= 15 is 0 Å². The van der Waals surface area contributed by atoms with Crippen molar-refractivity contribution in [1.29, 1.82) is 0 Å². The van der Waals surface area contributed by atoms with Gasteiger partial charge < -0.3 is 14.7 Å². The summed E-state index contributed by atoms with van der Waals surface area (Å²) in [5, 5.41) is 9.78. The highest BCUT2D eigenvalue weighted by Crippen LogP contribution is 2.30. The van der Waals surface area contributed by atoms with Crippen molar-refractivity contribution in [3.63, 3.8) is 0 Å². The van der Waals surface area contributed by atoms with Crippen LogP contribution in [0.1, 0.15) is 41.3 Å². The van der Waals surface area contributed by atoms with Crippen molar-refractivity contribution in [3.8, 4) is 0 Å². The van der Waals surface area contributed by atoms with Crippen LogP contribution in [0.2, 0.25) is 0 Å². The summed E-state index contributed by atoms with van der Waals surface area (Å²) in [5.74, 6) is -1.79. The van der Waals surface area contributed by atoms with Gasteiger partial charge in [-0.1, -0.05) is 12.1 Å². The van der Waals surface area contributed by atoms with E-state index in [0.29, 0.717) is 37.4 Å². The first-order valence-electron chi connectivity index (χ1n) is 10.5. The fourth-order valence-electron chi connectivity index (χ4n) is 3.90. The quantitative estimate of drug-likeness (QED) is 0.607. The number of nitrogens with one attached hydrogen (secondary N) is 1. The Kier molecular flexibility index (Phi) is 7.08. The number of sulfonamides is 1. The second-order valence-corrected chi connectivity index (χ2v) is 9.60. The number of rotatable bonds is 7. The predicted octanol–water partition coefficient (Wildman–Crippen LogP) is 3.58. The minimum atomic E-state index is -3.89. The summed E-state index contributed by atoms with van der Waals surface area (Å²) in [4.78, 5) is 26.1. The molecule has 1 aliphatic rings. The minimum absolute atomic E-state index is 0.0318. The largest absolute Gasteiger partial charge is 0.478 e. The Morgan fingerprint density at radius 3 is 2.62 bits per heavy atom. The number of aromatic carboxylic acids is 1. The van der Waals surface area contributed by atoms with Crippen molar-refractivity contribution >= 4 is 33.3 Å². The molecule has 2 N–H and O–H groups in total. The van der Waals surface area contributed by atoms with Gasteiger partial charge >= 0.3 is 11.9 Å². The molecule has 0 spiro atoms. The lowest BCUT2D eigenvalue weighted by molar-refractivity contribution is -0.148. The third kappa shape index (κ3) is 5.21. The maximum Gasteiger partial charge on any atom is 0.337 e. The molecule has 8 nitrogen and oxygen atoms in total. The second-order valence-electron chi connectivity index (χ2n) is 7.95. The topological polar surface area (TPSA) is 113 Å². The number of ether oxygens (including phenoxy) is 1. The fourth-order valence-corrected chi connectivity index (χ4v) is 5.28. The van der Waals surface area contributed by atoms with Gasteiger partial charge in [-0.2, -0.15) is 0 Å². The lowest BCUT2D eigenvalue weighted by Gasteiger charge is -2.34. The van der Waals surface area contributed by atoms with Crippen molar-refractivity contribution in [2.75, 3.05) is 29.3 Å². The summed E-state index contributed by atoms with van der Waals surface area (Å²) in [6.07, 6.45) is 1.41. The van der Waals surface area contributed by atoms with E-state index in [2.05, 4.69) is 4.72 Å². The molecule has 0 saturated carbocycles. The van der Waals surface area contributed by atoms with Crippen molar-refractivity contribution < 1.29 is 27.9 Å². The number of carbonyl (C=O) groups is 2. The van der Waals surface area contributed by atoms with E-state index in [-0.39, 0.29) is 28.0 Å². The number of benzene rings is 2. The molecule has 1 unspecified atom stereocenters. The van der Waals surface area contributed by atoms with E-state index < -0.39 is 16.0 Å². The molecule has 3 rings (SSSR count). The van der Waals surface area contributed by atoms with Gasteiger partial charge in [-0.25, -0.2) is 13.2 Å². The van der Waals surface area contributed by atoms with Gasteiger partial charge in [-0.05, 0) is 69.0 Å². The first-order valence-corrected chi connectivity index (χ1v) is 12.0. The van der Waals surface area contributed by atoms with Crippen LogP contribution in [0.4, 0.5) is 11.4 Å². The molecule has 2 aromatic rings. The van der Waals surface area contributed by atoms with E-state index in [9.17, 15) is 23.1 Å². The standard InChI is InChI=1S/C23H28N2O6S/c1-4-31-23(28)17-6-5-11-25(14-17)20-10-9-18(13-19(20)22(26)27)24-32(29,30)21-12-15(2)7-8-16(21)3/h7-10,12-13,17,24H,4-6,11,14H2,1-3H3,(H,26,27). The molecule has 0 amide bonds. The van der Waals surface area contributed by atoms with Crippen LogP contribution in [0.3, 0.4) is 0 Å². The van der Waals surface area contributed by atoms with Crippen LogP contribution in [0, 0.1) is 19.8 Å².